The second kappa shape index (κ2) is 5.17. The Labute approximate surface area is 91.2 Å². The average molecular weight is 205 g/mol. The topological polar surface area (TPSA) is 39.2 Å². The molecular weight excluding hydrogens is 186 g/mol. The van der Waals surface area contributed by atoms with Crippen LogP contribution < -0.4 is 5.73 Å². The highest BCUT2D eigenvalue weighted by Gasteiger charge is 2.16. The van der Waals surface area contributed by atoms with Crippen molar-refractivity contribution >= 4 is 6.08 Å². The molecule has 2 N–H and O–H groups in total. The molecule has 2 heteroatoms. The highest BCUT2D eigenvalue weighted by Crippen LogP contribution is 2.30. The molecular formula is C13H19NO. The van der Waals surface area contributed by atoms with Crippen LogP contribution in [0.1, 0.15) is 37.7 Å². The lowest BCUT2D eigenvalue weighted by Crippen LogP contribution is -2.15. The molecule has 0 amide bonds. The smallest absolute Gasteiger partial charge is 0.0974 e. The van der Waals surface area contributed by atoms with Gasteiger partial charge in [0.15, 0.2) is 0 Å². The van der Waals surface area contributed by atoms with E-state index in [2.05, 4.69) is 6.08 Å². The van der Waals surface area contributed by atoms with E-state index in [-0.39, 0.29) is 0 Å². The first kappa shape index (κ1) is 10.5. The summed E-state index contributed by atoms with van der Waals surface area (Å²) in [6.07, 6.45) is 12.4. The van der Waals surface area contributed by atoms with Crippen molar-refractivity contribution in [1.29, 1.82) is 0 Å². The fourth-order valence-corrected chi connectivity index (χ4v) is 2.39. The third kappa shape index (κ3) is 2.72. The standard InChI is InChI=1S/C13H19NO/c14-9-13(8-11-6-7-15-10-11)12-4-2-1-3-5-12/h6-8,10,12H,1-5,9,14H2. The van der Waals surface area contributed by atoms with Gasteiger partial charge in [-0.15, -0.1) is 0 Å². The van der Waals surface area contributed by atoms with Gasteiger partial charge in [0.1, 0.15) is 0 Å². The lowest BCUT2D eigenvalue weighted by Gasteiger charge is -2.23. The predicted octanol–water partition coefficient (Wildman–Crippen LogP) is 3.20. The number of rotatable bonds is 3. The molecule has 1 heterocycles. The van der Waals surface area contributed by atoms with Gasteiger partial charge in [-0.25, -0.2) is 0 Å². The molecule has 0 saturated heterocycles. The van der Waals surface area contributed by atoms with Crippen LogP contribution in [-0.4, -0.2) is 6.54 Å². The minimum Gasteiger partial charge on any atom is -0.472 e. The van der Waals surface area contributed by atoms with Crippen LogP contribution in [0.3, 0.4) is 0 Å². The van der Waals surface area contributed by atoms with E-state index in [0.717, 1.165) is 5.56 Å². The van der Waals surface area contributed by atoms with Crippen LogP contribution in [0.15, 0.2) is 28.6 Å². The molecule has 0 atom stereocenters. The molecule has 15 heavy (non-hydrogen) atoms. The monoisotopic (exact) mass is 205 g/mol. The minimum absolute atomic E-state index is 0.676. The van der Waals surface area contributed by atoms with E-state index >= 15 is 0 Å². The number of hydrogen-bond donors (Lipinski definition) is 1. The molecule has 0 unspecified atom stereocenters. The number of furan rings is 1. The zero-order chi connectivity index (χ0) is 10.5. The summed E-state index contributed by atoms with van der Waals surface area (Å²) in [5.41, 5.74) is 8.35. The van der Waals surface area contributed by atoms with E-state index in [0.29, 0.717) is 12.5 Å². The van der Waals surface area contributed by atoms with Gasteiger partial charge in [0, 0.05) is 12.1 Å². The van der Waals surface area contributed by atoms with Gasteiger partial charge >= 0.3 is 0 Å². The van der Waals surface area contributed by atoms with Gasteiger partial charge in [-0.2, -0.15) is 0 Å². The van der Waals surface area contributed by atoms with Gasteiger partial charge in [0.25, 0.3) is 0 Å². The van der Waals surface area contributed by atoms with Crippen LogP contribution in [0, 0.1) is 5.92 Å². The molecule has 1 aromatic heterocycles. The third-order valence-electron chi connectivity index (χ3n) is 3.26. The Morgan fingerprint density at radius 3 is 2.80 bits per heavy atom. The van der Waals surface area contributed by atoms with E-state index < -0.39 is 0 Å². The fourth-order valence-electron chi connectivity index (χ4n) is 2.39. The van der Waals surface area contributed by atoms with Gasteiger partial charge in [-0.1, -0.05) is 30.9 Å². The van der Waals surface area contributed by atoms with Gasteiger partial charge in [0.05, 0.1) is 12.5 Å². The highest BCUT2D eigenvalue weighted by atomic mass is 16.3. The van der Waals surface area contributed by atoms with Crippen LogP contribution in [-0.2, 0) is 0 Å². The molecule has 0 aromatic carbocycles. The van der Waals surface area contributed by atoms with E-state index in [9.17, 15) is 0 Å². The second-order valence-corrected chi connectivity index (χ2v) is 4.31. The molecule has 0 bridgehead atoms. The molecule has 2 rings (SSSR count). The van der Waals surface area contributed by atoms with Crippen molar-refractivity contribution in [2.24, 2.45) is 11.7 Å². The maximum absolute atomic E-state index is 5.82. The molecule has 1 fully saturated rings. The summed E-state index contributed by atoms with van der Waals surface area (Å²) in [4.78, 5) is 0. The minimum atomic E-state index is 0.676. The lowest BCUT2D eigenvalue weighted by molar-refractivity contribution is 0.401. The summed E-state index contributed by atoms with van der Waals surface area (Å²) in [6.45, 7) is 0.676. The van der Waals surface area contributed by atoms with Gasteiger partial charge < -0.3 is 10.2 Å². The Morgan fingerprint density at radius 1 is 1.40 bits per heavy atom. The van der Waals surface area contributed by atoms with Crippen LogP contribution >= 0.6 is 0 Å². The summed E-state index contributed by atoms with van der Waals surface area (Å²) < 4.78 is 5.06. The molecule has 1 saturated carbocycles. The van der Waals surface area contributed by atoms with Crippen LogP contribution in [0.25, 0.3) is 6.08 Å². The summed E-state index contributed by atoms with van der Waals surface area (Å²) >= 11 is 0. The summed E-state index contributed by atoms with van der Waals surface area (Å²) in [7, 11) is 0. The average Bonchev–Trinajstić information content (AvgIpc) is 2.80. The van der Waals surface area contributed by atoms with Crippen molar-refractivity contribution in [2.75, 3.05) is 6.54 Å². The van der Waals surface area contributed by atoms with Gasteiger partial charge in [-0.3, -0.25) is 0 Å². The van der Waals surface area contributed by atoms with Crippen molar-refractivity contribution in [3.8, 4) is 0 Å². The van der Waals surface area contributed by atoms with E-state index in [4.69, 9.17) is 10.2 Å². The van der Waals surface area contributed by atoms with Crippen LogP contribution in [0.2, 0.25) is 0 Å². The predicted molar refractivity (Wildman–Crippen MR) is 62.3 cm³/mol. The maximum atomic E-state index is 5.82. The lowest BCUT2D eigenvalue weighted by atomic mass is 9.83. The molecule has 1 aliphatic rings. The largest absolute Gasteiger partial charge is 0.472 e. The van der Waals surface area contributed by atoms with E-state index in [1.165, 1.54) is 37.7 Å². The zero-order valence-corrected chi connectivity index (χ0v) is 9.11. The maximum Gasteiger partial charge on any atom is 0.0974 e. The third-order valence-corrected chi connectivity index (χ3v) is 3.26. The number of nitrogens with two attached hydrogens (primary N) is 1. The summed E-state index contributed by atoms with van der Waals surface area (Å²) in [5.74, 6) is 0.707. The van der Waals surface area contributed by atoms with Crippen molar-refractivity contribution in [1.82, 2.24) is 0 Å². The normalized spacial score (nSPS) is 19.4. The fraction of sp³-hybridized carbons (Fsp3) is 0.538. The molecule has 0 radical (unpaired) electrons. The first-order valence-electron chi connectivity index (χ1n) is 5.83. The Bertz CT molecular complexity index is 307. The molecule has 0 spiro atoms. The zero-order valence-electron chi connectivity index (χ0n) is 9.11. The summed E-state index contributed by atoms with van der Waals surface area (Å²) in [5, 5.41) is 0. The van der Waals surface area contributed by atoms with Gasteiger partial charge in [-0.05, 0) is 24.8 Å². The molecule has 0 aliphatic heterocycles. The molecule has 1 aliphatic carbocycles. The summed E-state index contributed by atoms with van der Waals surface area (Å²) in [6, 6.07) is 1.98. The first-order valence-corrected chi connectivity index (χ1v) is 5.83. The van der Waals surface area contributed by atoms with Crippen molar-refractivity contribution in [3.05, 3.63) is 29.7 Å². The van der Waals surface area contributed by atoms with E-state index in [1.54, 1.807) is 12.5 Å². The Balaban J connectivity index is 2.08. The number of hydrogen-bond acceptors (Lipinski definition) is 2. The SMILES string of the molecule is NCC(=Cc1ccoc1)C1CCCCC1. The molecule has 2 nitrogen and oxygen atoms in total. The van der Waals surface area contributed by atoms with Gasteiger partial charge in [0.2, 0.25) is 0 Å². The Kier molecular flexibility index (Phi) is 3.62. The Hall–Kier alpha value is -1.02. The second-order valence-electron chi connectivity index (χ2n) is 4.31. The van der Waals surface area contributed by atoms with Crippen molar-refractivity contribution in [3.63, 3.8) is 0 Å². The molecule has 1 aromatic rings. The van der Waals surface area contributed by atoms with Crippen molar-refractivity contribution in [2.45, 2.75) is 32.1 Å². The van der Waals surface area contributed by atoms with E-state index in [1.807, 2.05) is 6.07 Å². The highest BCUT2D eigenvalue weighted by molar-refractivity contribution is 5.52. The van der Waals surface area contributed by atoms with Crippen LogP contribution in [0.5, 0.6) is 0 Å². The Morgan fingerprint density at radius 2 is 2.20 bits per heavy atom. The van der Waals surface area contributed by atoms with Crippen molar-refractivity contribution < 1.29 is 4.42 Å². The van der Waals surface area contributed by atoms with Crippen LogP contribution in [0.4, 0.5) is 0 Å². The first-order chi connectivity index (χ1) is 7.40. The quantitative estimate of drug-likeness (QED) is 0.823. The molecule has 82 valence electrons.